The number of aldehydes is 1. The van der Waals surface area contributed by atoms with Crippen LogP contribution in [0, 0.1) is 5.82 Å². The van der Waals surface area contributed by atoms with Crippen molar-refractivity contribution in [2.24, 2.45) is 0 Å². The van der Waals surface area contributed by atoms with Crippen molar-refractivity contribution in [3.63, 3.8) is 0 Å². The molecule has 0 spiro atoms. The highest BCUT2D eigenvalue weighted by molar-refractivity contribution is 6.12. The zero-order valence-electron chi connectivity index (χ0n) is 22.3. The van der Waals surface area contributed by atoms with Gasteiger partial charge in [0.15, 0.2) is 0 Å². The lowest BCUT2D eigenvalue weighted by molar-refractivity contribution is -0.139. The van der Waals surface area contributed by atoms with Gasteiger partial charge in [-0.3, -0.25) is 33.9 Å². The van der Waals surface area contributed by atoms with Crippen molar-refractivity contribution in [2.75, 3.05) is 36.6 Å². The third-order valence-electron chi connectivity index (χ3n) is 6.42. The van der Waals surface area contributed by atoms with Gasteiger partial charge >= 0.3 is 5.97 Å². The van der Waals surface area contributed by atoms with Crippen molar-refractivity contribution in [3.8, 4) is 0 Å². The first-order valence-corrected chi connectivity index (χ1v) is 12.6. The molecule has 1 aliphatic heterocycles. The van der Waals surface area contributed by atoms with Crippen molar-refractivity contribution >= 4 is 58.0 Å². The van der Waals surface area contributed by atoms with E-state index >= 15 is 0 Å². The standard InChI is InChI=1S/C28H26FN5O8/c1-42-15-24(37)33-12-20(32-27(40)26-19-5-3-2-4-16(19)8-9-30-26)28(41)34(21-7-6-17(29)10-22(21)33)13-23(36)31-18(14-35)11-25(38)39/h2-10,14,18,20H,11-13,15H2,1H3,(H,31,36)(H,32,40)(H,38,39)/t18-,20-/m0/s1. The molecular formula is C28H26FN5O8. The van der Waals surface area contributed by atoms with Crippen molar-refractivity contribution < 1.29 is 43.0 Å². The Morgan fingerprint density at radius 2 is 1.93 bits per heavy atom. The number of carbonyl (C=O) groups is 6. The number of carboxylic acids is 1. The molecule has 3 aromatic rings. The molecule has 4 rings (SSSR count). The zero-order chi connectivity index (χ0) is 30.4. The Bertz CT molecular complexity index is 1560. The van der Waals surface area contributed by atoms with Gasteiger partial charge in [-0.05, 0) is 29.7 Å². The number of rotatable bonds is 10. The fraction of sp³-hybridized carbons (Fsp3) is 0.250. The van der Waals surface area contributed by atoms with Crippen LogP contribution in [0.3, 0.4) is 0 Å². The van der Waals surface area contributed by atoms with E-state index in [2.05, 4.69) is 15.6 Å². The van der Waals surface area contributed by atoms with Crippen molar-refractivity contribution in [3.05, 3.63) is 66.2 Å². The van der Waals surface area contributed by atoms with Crippen molar-refractivity contribution in [1.29, 1.82) is 0 Å². The van der Waals surface area contributed by atoms with E-state index in [1.54, 1.807) is 30.3 Å². The maximum atomic E-state index is 14.4. The lowest BCUT2D eigenvalue weighted by atomic mass is 10.1. The summed E-state index contributed by atoms with van der Waals surface area (Å²) in [5.41, 5.74) is -0.104. The number of methoxy groups -OCH3 is 1. The van der Waals surface area contributed by atoms with Gasteiger partial charge in [-0.2, -0.15) is 0 Å². The molecule has 14 heteroatoms. The van der Waals surface area contributed by atoms with Gasteiger partial charge in [0.1, 0.15) is 37.0 Å². The van der Waals surface area contributed by atoms with E-state index in [-0.39, 0.29) is 23.4 Å². The lowest BCUT2D eigenvalue weighted by Gasteiger charge is -2.25. The number of hydrogen-bond acceptors (Lipinski definition) is 8. The number of anilines is 2. The maximum absolute atomic E-state index is 14.4. The van der Waals surface area contributed by atoms with E-state index in [1.165, 1.54) is 19.4 Å². The average molecular weight is 580 g/mol. The topological polar surface area (TPSA) is 175 Å². The largest absolute Gasteiger partial charge is 0.481 e. The predicted molar refractivity (Wildman–Crippen MR) is 146 cm³/mol. The number of carboxylic acid groups (broad SMARTS) is 1. The predicted octanol–water partition coefficient (Wildman–Crippen LogP) is 0.657. The molecule has 2 heterocycles. The van der Waals surface area contributed by atoms with Gasteiger partial charge in [0.2, 0.25) is 5.91 Å². The Labute approximate surface area is 238 Å². The second-order valence-corrected chi connectivity index (χ2v) is 9.31. The number of aliphatic carboxylic acids is 1. The molecule has 0 saturated carbocycles. The molecule has 0 fully saturated rings. The Balaban J connectivity index is 1.73. The first-order chi connectivity index (χ1) is 20.1. The van der Waals surface area contributed by atoms with Gasteiger partial charge < -0.3 is 30.2 Å². The van der Waals surface area contributed by atoms with Crippen LogP contribution in [0.1, 0.15) is 16.9 Å². The molecule has 2 atom stereocenters. The smallest absolute Gasteiger partial charge is 0.305 e. The van der Waals surface area contributed by atoms with Crippen LogP contribution in [-0.2, 0) is 28.7 Å². The molecule has 13 nitrogen and oxygen atoms in total. The molecule has 218 valence electrons. The SMILES string of the molecule is COCC(=O)N1C[C@H](NC(=O)c2nccc3ccccc23)C(=O)N(CC(=O)N[C@H](C=O)CC(=O)O)c2ccc(F)cc21. The lowest BCUT2D eigenvalue weighted by Crippen LogP contribution is -2.55. The first-order valence-electron chi connectivity index (χ1n) is 12.6. The minimum atomic E-state index is -1.44. The van der Waals surface area contributed by atoms with E-state index in [0.717, 1.165) is 21.9 Å². The van der Waals surface area contributed by atoms with Gasteiger partial charge in [0.25, 0.3) is 17.7 Å². The zero-order valence-corrected chi connectivity index (χ0v) is 22.3. The van der Waals surface area contributed by atoms with E-state index in [4.69, 9.17) is 9.84 Å². The van der Waals surface area contributed by atoms with E-state index in [1.807, 2.05) is 0 Å². The summed E-state index contributed by atoms with van der Waals surface area (Å²) < 4.78 is 19.4. The molecule has 0 saturated heterocycles. The van der Waals surface area contributed by atoms with Crippen LogP contribution >= 0.6 is 0 Å². The number of nitrogens with zero attached hydrogens (tertiary/aromatic N) is 3. The third kappa shape index (κ3) is 6.55. The molecule has 1 aromatic heterocycles. The maximum Gasteiger partial charge on any atom is 0.305 e. The number of carbonyl (C=O) groups excluding carboxylic acids is 5. The van der Waals surface area contributed by atoms with Crippen LogP contribution < -0.4 is 20.4 Å². The molecule has 0 bridgehead atoms. The highest BCUT2D eigenvalue weighted by Gasteiger charge is 2.38. The highest BCUT2D eigenvalue weighted by Crippen LogP contribution is 2.34. The Morgan fingerprint density at radius 1 is 1.17 bits per heavy atom. The third-order valence-corrected chi connectivity index (χ3v) is 6.42. The summed E-state index contributed by atoms with van der Waals surface area (Å²) in [6.07, 6.45) is 0.975. The van der Waals surface area contributed by atoms with E-state index < -0.39 is 73.6 Å². The average Bonchev–Trinajstić information content (AvgIpc) is 3.06. The van der Waals surface area contributed by atoms with Gasteiger partial charge in [-0.15, -0.1) is 0 Å². The molecule has 42 heavy (non-hydrogen) atoms. The molecule has 0 unspecified atom stereocenters. The van der Waals surface area contributed by atoms with Crippen LogP contribution in [0.4, 0.5) is 15.8 Å². The molecular weight excluding hydrogens is 553 g/mol. The number of amides is 4. The number of halogens is 1. The summed E-state index contributed by atoms with van der Waals surface area (Å²) in [5.74, 6) is -5.22. The van der Waals surface area contributed by atoms with Gasteiger partial charge in [-0.1, -0.05) is 24.3 Å². The molecule has 3 N–H and O–H groups in total. The Hall–Kier alpha value is -5.24. The fourth-order valence-corrected chi connectivity index (χ4v) is 4.56. The minimum Gasteiger partial charge on any atom is -0.481 e. The van der Waals surface area contributed by atoms with Gasteiger partial charge in [-0.25, -0.2) is 4.39 Å². The van der Waals surface area contributed by atoms with Crippen molar-refractivity contribution in [2.45, 2.75) is 18.5 Å². The molecule has 4 amide bonds. The van der Waals surface area contributed by atoms with Crippen LogP contribution in [0.5, 0.6) is 0 Å². The van der Waals surface area contributed by atoms with E-state index in [0.29, 0.717) is 10.8 Å². The number of hydrogen-bond donors (Lipinski definition) is 3. The number of benzene rings is 2. The summed E-state index contributed by atoms with van der Waals surface area (Å²) in [5, 5.41) is 15.0. The molecule has 0 radical (unpaired) electrons. The van der Waals surface area contributed by atoms with Gasteiger partial charge in [0, 0.05) is 18.7 Å². The van der Waals surface area contributed by atoms with Gasteiger partial charge in [0.05, 0.1) is 30.4 Å². The monoisotopic (exact) mass is 579 g/mol. The van der Waals surface area contributed by atoms with Crippen LogP contribution in [-0.4, -0.2) is 84.9 Å². The van der Waals surface area contributed by atoms with Crippen LogP contribution in [0.25, 0.3) is 10.8 Å². The summed E-state index contributed by atoms with van der Waals surface area (Å²) in [6.45, 7) is -1.62. The van der Waals surface area contributed by atoms with Crippen LogP contribution in [0.2, 0.25) is 0 Å². The highest BCUT2D eigenvalue weighted by atomic mass is 19.1. The van der Waals surface area contributed by atoms with E-state index in [9.17, 15) is 33.2 Å². The normalized spacial score (nSPS) is 15.4. The number of fused-ring (bicyclic) bond motifs is 2. The summed E-state index contributed by atoms with van der Waals surface area (Å²) in [6, 6.07) is 9.04. The second kappa shape index (κ2) is 13.0. The number of aromatic nitrogens is 1. The van der Waals surface area contributed by atoms with Crippen molar-refractivity contribution in [1.82, 2.24) is 15.6 Å². The summed E-state index contributed by atoms with van der Waals surface area (Å²) >= 11 is 0. The minimum absolute atomic E-state index is 0.00950. The second-order valence-electron chi connectivity index (χ2n) is 9.31. The number of nitrogens with one attached hydrogen (secondary N) is 2. The number of pyridine rings is 1. The Kier molecular flexibility index (Phi) is 9.17. The molecule has 0 aliphatic carbocycles. The Morgan fingerprint density at radius 3 is 2.64 bits per heavy atom. The summed E-state index contributed by atoms with van der Waals surface area (Å²) in [7, 11) is 1.27. The van der Waals surface area contributed by atoms with Crippen LogP contribution in [0.15, 0.2) is 54.7 Å². The molecule has 2 aromatic carbocycles. The summed E-state index contributed by atoms with van der Waals surface area (Å²) in [4.78, 5) is 81.8. The fourth-order valence-electron chi connectivity index (χ4n) is 4.56. The quantitative estimate of drug-likeness (QED) is 0.291. The number of ether oxygens (including phenoxy) is 1. The molecule has 1 aliphatic rings. The first kappa shape index (κ1) is 29.7.